The summed E-state index contributed by atoms with van der Waals surface area (Å²) >= 11 is 0. The predicted molar refractivity (Wildman–Crippen MR) is 76.6 cm³/mol. The van der Waals surface area contributed by atoms with Crippen LogP contribution in [-0.2, 0) is 11.3 Å². The van der Waals surface area contributed by atoms with Gasteiger partial charge in [-0.05, 0) is 30.7 Å². The molecule has 0 saturated carbocycles. The molecule has 5 nitrogen and oxygen atoms in total. The second-order valence-corrected chi connectivity index (χ2v) is 4.73. The van der Waals surface area contributed by atoms with Crippen LogP contribution in [0.3, 0.4) is 0 Å². The van der Waals surface area contributed by atoms with Crippen molar-refractivity contribution < 1.29 is 9.53 Å². The molecule has 0 aliphatic carbocycles. The molecule has 0 saturated heterocycles. The van der Waals surface area contributed by atoms with Crippen molar-refractivity contribution in [2.45, 2.75) is 19.5 Å². The minimum atomic E-state index is -0.0832. The zero-order chi connectivity index (χ0) is 14.4. The Balaban J connectivity index is 1.95. The van der Waals surface area contributed by atoms with E-state index in [-0.39, 0.29) is 11.9 Å². The molecule has 1 heterocycles. The first-order valence-corrected chi connectivity index (χ1v) is 6.55. The number of hydrogen-bond acceptors (Lipinski definition) is 3. The number of hydrogen-bond donors (Lipinski definition) is 1. The highest BCUT2D eigenvalue weighted by Gasteiger charge is 2.09. The van der Waals surface area contributed by atoms with Gasteiger partial charge in [0.1, 0.15) is 0 Å². The second kappa shape index (κ2) is 6.86. The van der Waals surface area contributed by atoms with Crippen LogP contribution in [0.2, 0.25) is 0 Å². The smallest absolute Gasteiger partial charge is 0.251 e. The summed E-state index contributed by atoms with van der Waals surface area (Å²) < 4.78 is 6.84. The number of carbonyl (C=O) groups excluding carboxylic acids is 1. The number of aromatic nitrogens is 2. The lowest BCUT2D eigenvalue weighted by Gasteiger charge is -2.12. The fourth-order valence-electron chi connectivity index (χ4n) is 1.94. The van der Waals surface area contributed by atoms with Gasteiger partial charge in [0.05, 0.1) is 13.2 Å². The Kier molecular flexibility index (Phi) is 4.90. The number of amides is 1. The van der Waals surface area contributed by atoms with Gasteiger partial charge in [0, 0.05) is 31.1 Å². The average molecular weight is 273 g/mol. The number of nitrogens with zero attached hydrogens (tertiary/aromatic N) is 2. The summed E-state index contributed by atoms with van der Waals surface area (Å²) in [6.45, 7) is 3.12. The van der Waals surface area contributed by atoms with Crippen LogP contribution in [0.1, 0.15) is 22.8 Å². The molecule has 2 rings (SSSR count). The average Bonchev–Trinajstić information content (AvgIpc) is 2.92. The van der Waals surface area contributed by atoms with E-state index in [0.717, 1.165) is 5.56 Å². The van der Waals surface area contributed by atoms with Gasteiger partial charge in [-0.1, -0.05) is 12.1 Å². The Morgan fingerprint density at radius 1 is 1.40 bits per heavy atom. The van der Waals surface area contributed by atoms with Crippen molar-refractivity contribution in [2.75, 3.05) is 13.7 Å². The van der Waals surface area contributed by atoms with Crippen molar-refractivity contribution in [3.8, 4) is 0 Å². The van der Waals surface area contributed by atoms with Crippen LogP contribution in [0.25, 0.3) is 0 Å². The first-order chi connectivity index (χ1) is 9.69. The third kappa shape index (κ3) is 3.93. The highest BCUT2D eigenvalue weighted by Crippen LogP contribution is 2.06. The van der Waals surface area contributed by atoms with Crippen LogP contribution in [0.4, 0.5) is 0 Å². The molecule has 1 aromatic heterocycles. The summed E-state index contributed by atoms with van der Waals surface area (Å²) in [5, 5.41) is 7.03. The Bertz CT molecular complexity index is 535. The zero-order valence-electron chi connectivity index (χ0n) is 11.7. The van der Waals surface area contributed by atoms with Crippen molar-refractivity contribution >= 4 is 5.91 Å². The molecule has 1 atom stereocenters. The summed E-state index contributed by atoms with van der Waals surface area (Å²) in [5.74, 6) is -0.0832. The molecular formula is C15H19N3O2. The van der Waals surface area contributed by atoms with Crippen molar-refractivity contribution in [3.63, 3.8) is 0 Å². The van der Waals surface area contributed by atoms with Gasteiger partial charge in [0.2, 0.25) is 0 Å². The third-order valence-corrected chi connectivity index (χ3v) is 2.91. The number of nitrogens with one attached hydrogen (secondary N) is 1. The SMILES string of the molecule is COCC(C)NC(=O)c1ccc(Cn2cccn2)cc1. The standard InChI is InChI=1S/C15H19N3O2/c1-12(11-20-2)17-15(19)14-6-4-13(5-7-14)10-18-9-3-8-16-18/h3-9,12H,10-11H2,1-2H3,(H,17,19). The Hall–Kier alpha value is -2.14. The number of rotatable bonds is 6. The molecule has 0 fully saturated rings. The molecule has 0 aliphatic heterocycles. The van der Waals surface area contributed by atoms with E-state index < -0.39 is 0 Å². The van der Waals surface area contributed by atoms with E-state index in [1.54, 1.807) is 13.3 Å². The van der Waals surface area contributed by atoms with Gasteiger partial charge in [-0.3, -0.25) is 9.48 Å². The molecule has 5 heteroatoms. The van der Waals surface area contributed by atoms with Gasteiger partial charge < -0.3 is 10.1 Å². The molecule has 2 aromatic rings. The number of methoxy groups -OCH3 is 1. The summed E-state index contributed by atoms with van der Waals surface area (Å²) in [7, 11) is 1.62. The van der Waals surface area contributed by atoms with Crippen molar-refractivity contribution in [1.82, 2.24) is 15.1 Å². The molecule has 0 radical (unpaired) electrons. The summed E-state index contributed by atoms with van der Waals surface area (Å²) in [4.78, 5) is 12.0. The van der Waals surface area contributed by atoms with Crippen LogP contribution >= 0.6 is 0 Å². The molecule has 1 N–H and O–H groups in total. The lowest BCUT2D eigenvalue weighted by atomic mass is 10.1. The zero-order valence-corrected chi connectivity index (χ0v) is 11.7. The summed E-state index contributed by atoms with van der Waals surface area (Å²) in [6, 6.07) is 9.42. The number of benzene rings is 1. The lowest BCUT2D eigenvalue weighted by molar-refractivity contribution is 0.0905. The van der Waals surface area contributed by atoms with Gasteiger partial charge in [0.15, 0.2) is 0 Å². The van der Waals surface area contributed by atoms with Crippen LogP contribution in [0, 0.1) is 0 Å². The van der Waals surface area contributed by atoms with E-state index in [2.05, 4.69) is 10.4 Å². The minimum absolute atomic E-state index is 0.00347. The summed E-state index contributed by atoms with van der Waals surface area (Å²) in [6.07, 6.45) is 3.66. The van der Waals surface area contributed by atoms with E-state index >= 15 is 0 Å². The fourth-order valence-corrected chi connectivity index (χ4v) is 1.94. The summed E-state index contributed by atoms with van der Waals surface area (Å²) in [5.41, 5.74) is 1.76. The fraction of sp³-hybridized carbons (Fsp3) is 0.333. The van der Waals surface area contributed by atoms with Crippen LogP contribution < -0.4 is 5.32 Å². The highest BCUT2D eigenvalue weighted by molar-refractivity contribution is 5.94. The Morgan fingerprint density at radius 2 is 2.15 bits per heavy atom. The van der Waals surface area contributed by atoms with Gasteiger partial charge in [0.25, 0.3) is 5.91 Å². The molecular weight excluding hydrogens is 254 g/mol. The largest absolute Gasteiger partial charge is 0.383 e. The first-order valence-electron chi connectivity index (χ1n) is 6.55. The maximum Gasteiger partial charge on any atom is 0.251 e. The van der Waals surface area contributed by atoms with E-state index in [1.807, 2.05) is 48.1 Å². The molecule has 1 aromatic carbocycles. The molecule has 106 valence electrons. The van der Waals surface area contributed by atoms with E-state index in [9.17, 15) is 4.79 Å². The minimum Gasteiger partial charge on any atom is -0.383 e. The molecule has 1 amide bonds. The quantitative estimate of drug-likeness (QED) is 0.871. The second-order valence-electron chi connectivity index (χ2n) is 4.73. The number of carbonyl (C=O) groups is 1. The normalized spacial score (nSPS) is 12.1. The van der Waals surface area contributed by atoms with Crippen LogP contribution in [-0.4, -0.2) is 35.4 Å². The molecule has 0 spiro atoms. The molecule has 1 unspecified atom stereocenters. The number of ether oxygens (including phenoxy) is 1. The van der Waals surface area contributed by atoms with E-state index in [1.165, 1.54) is 0 Å². The first kappa shape index (κ1) is 14.3. The molecule has 0 bridgehead atoms. The maximum absolute atomic E-state index is 12.0. The van der Waals surface area contributed by atoms with Crippen LogP contribution in [0.15, 0.2) is 42.7 Å². The van der Waals surface area contributed by atoms with Gasteiger partial charge in [-0.15, -0.1) is 0 Å². The molecule has 20 heavy (non-hydrogen) atoms. The van der Waals surface area contributed by atoms with Crippen molar-refractivity contribution in [3.05, 3.63) is 53.9 Å². The monoisotopic (exact) mass is 273 g/mol. The van der Waals surface area contributed by atoms with Gasteiger partial charge in [-0.2, -0.15) is 5.10 Å². The highest BCUT2D eigenvalue weighted by atomic mass is 16.5. The van der Waals surface area contributed by atoms with Crippen molar-refractivity contribution in [1.29, 1.82) is 0 Å². The topological polar surface area (TPSA) is 56.1 Å². The van der Waals surface area contributed by atoms with Gasteiger partial charge in [-0.25, -0.2) is 0 Å². The van der Waals surface area contributed by atoms with Gasteiger partial charge >= 0.3 is 0 Å². The van der Waals surface area contributed by atoms with Crippen LogP contribution in [0.5, 0.6) is 0 Å². The Labute approximate surface area is 118 Å². The third-order valence-electron chi connectivity index (χ3n) is 2.91. The Morgan fingerprint density at radius 3 is 2.75 bits per heavy atom. The van der Waals surface area contributed by atoms with E-state index in [4.69, 9.17) is 4.74 Å². The predicted octanol–water partition coefficient (Wildman–Crippen LogP) is 1.70. The lowest BCUT2D eigenvalue weighted by Crippen LogP contribution is -2.35. The molecule has 0 aliphatic rings. The van der Waals surface area contributed by atoms with Crippen molar-refractivity contribution in [2.24, 2.45) is 0 Å². The van der Waals surface area contributed by atoms with E-state index in [0.29, 0.717) is 18.7 Å². The maximum atomic E-state index is 12.0.